The molecule has 1 unspecified atom stereocenters. The Bertz CT molecular complexity index is 506. The van der Waals surface area contributed by atoms with Gasteiger partial charge in [-0.3, -0.25) is 4.90 Å². The molecule has 20 heavy (non-hydrogen) atoms. The first-order chi connectivity index (χ1) is 9.71. The van der Waals surface area contributed by atoms with Gasteiger partial charge in [-0.2, -0.15) is 5.26 Å². The fourth-order valence-electron chi connectivity index (χ4n) is 3.01. The van der Waals surface area contributed by atoms with Gasteiger partial charge in [-0.25, -0.2) is 0 Å². The first-order valence-electron chi connectivity index (χ1n) is 7.19. The zero-order valence-corrected chi connectivity index (χ0v) is 12.5. The zero-order chi connectivity index (χ0) is 14.6. The summed E-state index contributed by atoms with van der Waals surface area (Å²) < 4.78 is 11.1. The summed E-state index contributed by atoms with van der Waals surface area (Å²) in [4.78, 5) is 2.21. The van der Waals surface area contributed by atoms with E-state index >= 15 is 0 Å². The molecule has 0 saturated heterocycles. The smallest absolute Gasteiger partial charge is 0.138 e. The summed E-state index contributed by atoms with van der Waals surface area (Å²) >= 11 is 0. The van der Waals surface area contributed by atoms with Crippen LogP contribution in [0.4, 0.5) is 0 Å². The van der Waals surface area contributed by atoms with Crippen LogP contribution in [-0.4, -0.2) is 31.7 Å². The molecule has 1 aromatic rings. The Balaban J connectivity index is 2.61. The SMILES string of the molecule is CCN(CC)C1(C#N)CCCOc2ccc(OC)cc21. The van der Waals surface area contributed by atoms with Crippen LogP contribution in [0.1, 0.15) is 32.3 Å². The van der Waals surface area contributed by atoms with Gasteiger partial charge in [0.25, 0.3) is 0 Å². The van der Waals surface area contributed by atoms with Gasteiger partial charge in [-0.15, -0.1) is 0 Å². The molecule has 0 fully saturated rings. The number of hydrogen-bond acceptors (Lipinski definition) is 4. The van der Waals surface area contributed by atoms with Crippen LogP contribution in [0.5, 0.6) is 11.5 Å². The Kier molecular flexibility index (Phi) is 4.51. The summed E-state index contributed by atoms with van der Waals surface area (Å²) in [6, 6.07) is 8.30. The molecule has 0 aliphatic carbocycles. The van der Waals surface area contributed by atoms with Crippen molar-refractivity contribution >= 4 is 0 Å². The highest BCUT2D eigenvalue weighted by atomic mass is 16.5. The van der Waals surface area contributed by atoms with Crippen molar-refractivity contribution in [3.8, 4) is 17.6 Å². The summed E-state index contributed by atoms with van der Waals surface area (Å²) in [7, 11) is 1.64. The fourth-order valence-corrected chi connectivity index (χ4v) is 3.01. The third kappa shape index (κ3) is 2.34. The van der Waals surface area contributed by atoms with Crippen LogP contribution in [0.25, 0.3) is 0 Å². The largest absolute Gasteiger partial charge is 0.497 e. The average molecular weight is 274 g/mol. The lowest BCUT2D eigenvalue weighted by Crippen LogP contribution is -2.44. The van der Waals surface area contributed by atoms with Crippen LogP contribution in [0.3, 0.4) is 0 Å². The Labute approximate surface area is 120 Å². The molecular weight excluding hydrogens is 252 g/mol. The number of nitrogens with zero attached hydrogens (tertiary/aromatic N) is 2. The number of ether oxygens (including phenoxy) is 2. The molecule has 1 aliphatic heterocycles. The lowest BCUT2D eigenvalue weighted by atomic mass is 9.84. The van der Waals surface area contributed by atoms with Gasteiger partial charge < -0.3 is 9.47 Å². The van der Waals surface area contributed by atoms with Crippen LogP contribution in [-0.2, 0) is 5.54 Å². The standard InChI is InChI=1S/C16H22N2O2/c1-4-18(5-2)16(12-17)9-6-10-20-15-8-7-13(19-3)11-14(15)16/h7-8,11H,4-6,9-10H2,1-3H3. The molecule has 0 spiro atoms. The predicted octanol–water partition coefficient (Wildman–Crippen LogP) is 2.93. The van der Waals surface area contributed by atoms with Gasteiger partial charge in [0.2, 0.25) is 0 Å². The third-order valence-corrected chi connectivity index (χ3v) is 4.06. The maximum Gasteiger partial charge on any atom is 0.138 e. The normalized spacial score (nSPS) is 21.6. The Hall–Kier alpha value is -1.73. The molecule has 4 heteroatoms. The Morgan fingerprint density at radius 1 is 1.40 bits per heavy atom. The maximum atomic E-state index is 9.92. The molecule has 1 heterocycles. The second-order valence-corrected chi connectivity index (χ2v) is 4.96. The lowest BCUT2D eigenvalue weighted by Gasteiger charge is -2.37. The third-order valence-electron chi connectivity index (χ3n) is 4.06. The van der Waals surface area contributed by atoms with Crippen molar-refractivity contribution in [3.63, 3.8) is 0 Å². The van der Waals surface area contributed by atoms with Gasteiger partial charge in [-0.1, -0.05) is 13.8 Å². The van der Waals surface area contributed by atoms with Gasteiger partial charge in [0, 0.05) is 5.56 Å². The van der Waals surface area contributed by atoms with E-state index in [0.29, 0.717) is 6.61 Å². The minimum absolute atomic E-state index is 0.621. The number of nitriles is 1. The molecule has 4 nitrogen and oxygen atoms in total. The number of rotatable bonds is 4. The van der Waals surface area contributed by atoms with E-state index in [2.05, 4.69) is 24.8 Å². The van der Waals surface area contributed by atoms with Crippen molar-refractivity contribution in [1.82, 2.24) is 4.90 Å². The Morgan fingerprint density at radius 3 is 2.75 bits per heavy atom. The highest BCUT2D eigenvalue weighted by Crippen LogP contribution is 2.42. The van der Waals surface area contributed by atoms with E-state index in [9.17, 15) is 5.26 Å². The molecule has 0 bridgehead atoms. The van der Waals surface area contributed by atoms with Crippen molar-refractivity contribution < 1.29 is 9.47 Å². The Morgan fingerprint density at radius 2 is 2.15 bits per heavy atom. The maximum absolute atomic E-state index is 9.92. The van der Waals surface area contributed by atoms with Crippen LogP contribution in [0, 0.1) is 11.3 Å². The van der Waals surface area contributed by atoms with E-state index in [1.165, 1.54) is 0 Å². The van der Waals surface area contributed by atoms with E-state index in [1.807, 2.05) is 18.2 Å². The lowest BCUT2D eigenvalue weighted by molar-refractivity contribution is 0.141. The predicted molar refractivity (Wildman–Crippen MR) is 77.9 cm³/mol. The van der Waals surface area contributed by atoms with Crippen LogP contribution >= 0.6 is 0 Å². The van der Waals surface area contributed by atoms with Gasteiger partial charge in [-0.05, 0) is 44.1 Å². The second kappa shape index (κ2) is 6.15. The molecule has 108 valence electrons. The molecular formula is C16H22N2O2. The van der Waals surface area contributed by atoms with E-state index in [0.717, 1.165) is 43.0 Å². The minimum atomic E-state index is -0.621. The first-order valence-corrected chi connectivity index (χ1v) is 7.19. The van der Waals surface area contributed by atoms with E-state index in [4.69, 9.17) is 9.47 Å². The number of hydrogen-bond donors (Lipinski definition) is 0. The summed E-state index contributed by atoms with van der Waals surface area (Å²) in [5.41, 5.74) is 0.310. The van der Waals surface area contributed by atoms with E-state index in [-0.39, 0.29) is 0 Å². The molecule has 1 aromatic carbocycles. The second-order valence-electron chi connectivity index (χ2n) is 4.96. The number of methoxy groups -OCH3 is 1. The fraction of sp³-hybridized carbons (Fsp3) is 0.562. The number of fused-ring (bicyclic) bond motifs is 1. The zero-order valence-electron chi connectivity index (χ0n) is 12.5. The molecule has 0 saturated carbocycles. The molecule has 0 amide bonds. The van der Waals surface area contributed by atoms with Gasteiger partial charge in [0.1, 0.15) is 17.0 Å². The molecule has 0 aromatic heterocycles. The van der Waals surface area contributed by atoms with Crippen LogP contribution in [0.15, 0.2) is 18.2 Å². The summed E-state index contributed by atoms with van der Waals surface area (Å²) in [6.45, 7) is 6.51. The number of benzene rings is 1. The van der Waals surface area contributed by atoms with Crippen molar-refractivity contribution in [2.75, 3.05) is 26.8 Å². The van der Waals surface area contributed by atoms with E-state index in [1.54, 1.807) is 7.11 Å². The molecule has 1 atom stereocenters. The molecule has 1 aliphatic rings. The summed E-state index contributed by atoms with van der Waals surface area (Å²) in [6.07, 6.45) is 1.66. The molecule has 2 rings (SSSR count). The molecule has 0 N–H and O–H groups in total. The van der Waals surface area contributed by atoms with Crippen LogP contribution < -0.4 is 9.47 Å². The highest BCUT2D eigenvalue weighted by Gasteiger charge is 2.41. The summed E-state index contributed by atoms with van der Waals surface area (Å²) in [5.74, 6) is 1.57. The van der Waals surface area contributed by atoms with Crippen molar-refractivity contribution in [2.45, 2.75) is 32.2 Å². The minimum Gasteiger partial charge on any atom is -0.497 e. The molecule has 0 radical (unpaired) electrons. The van der Waals surface area contributed by atoms with Gasteiger partial charge in [0.15, 0.2) is 0 Å². The van der Waals surface area contributed by atoms with Crippen molar-refractivity contribution in [1.29, 1.82) is 5.26 Å². The topological polar surface area (TPSA) is 45.5 Å². The average Bonchev–Trinajstić information content (AvgIpc) is 2.68. The quantitative estimate of drug-likeness (QED) is 0.847. The summed E-state index contributed by atoms with van der Waals surface area (Å²) in [5, 5.41) is 9.92. The van der Waals surface area contributed by atoms with Gasteiger partial charge >= 0.3 is 0 Å². The van der Waals surface area contributed by atoms with Crippen molar-refractivity contribution in [3.05, 3.63) is 23.8 Å². The monoisotopic (exact) mass is 274 g/mol. The van der Waals surface area contributed by atoms with Crippen molar-refractivity contribution in [2.24, 2.45) is 0 Å². The first kappa shape index (κ1) is 14.7. The van der Waals surface area contributed by atoms with Crippen LogP contribution in [0.2, 0.25) is 0 Å². The van der Waals surface area contributed by atoms with E-state index < -0.39 is 5.54 Å². The highest BCUT2D eigenvalue weighted by molar-refractivity contribution is 5.48. The van der Waals surface area contributed by atoms with Gasteiger partial charge in [0.05, 0.1) is 19.8 Å².